The van der Waals surface area contributed by atoms with Crippen LogP contribution < -0.4 is 5.32 Å². The summed E-state index contributed by atoms with van der Waals surface area (Å²) in [5, 5.41) is 5.63. The Morgan fingerprint density at radius 3 is 2.61 bits per heavy atom. The van der Waals surface area contributed by atoms with Gasteiger partial charge in [0.05, 0.1) is 0 Å². The maximum atomic E-state index is 3.49. The molecule has 0 saturated carbocycles. The highest BCUT2D eigenvalue weighted by molar-refractivity contribution is 9.10. The van der Waals surface area contributed by atoms with Crippen LogP contribution >= 0.6 is 27.3 Å². The number of nitrogens with zero attached hydrogens (tertiary/aromatic N) is 2. The Bertz CT molecular complexity index is 328. The van der Waals surface area contributed by atoms with Gasteiger partial charge in [-0.15, -0.1) is 11.3 Å². The number of hydrogen-bond acceptors (Lipinski definition) is 4. The minimum atomic E-state index is 1.04. The Morgan fingerprint density at radius 2 is 2.00 bits per heavy atom. The zero-order chi connectivity index (χ0) is 13.4. The summed E-state index contributed by atoms with van der Waals surface area (Å²) < 4.78 is 1.19. The number of nitrogens with one attached hydrogen (secondary N) is 1. The molecule has 0 aliphatic heterocycles. The fourth-order valence-electron chi connectivity index (χ4n) is 1.70. The first-order valence-electron chi connectivity index (χ1n) is 6.35. The van der Waals surface area contributed by atoms with Crippen molar-refractivity contribution in [3.05, 3.63) is 20.8 Å². The molecule has 0 amide bonds. The molecule has 0 spiro atoms. The van der Waals surface area contributed by atoms with E-state index < -0.39 is 0 Å². The maximum absolute atomic E-state index is 3.49. The molecule has 0 radical (unpaired) electrons. The summed E-state index contributed by atoms with van der Waals surface area (Å²) in [6.07, 6.45) is 1.22. The van der Waals surface area contributed by atoms with Crippen molar-refractivity contribution in [1.82, 2.24) is 15.1 Å². The van der Waals surface area contributed by atoms with E-state index in [4.69, 9.17) is 0 Å². The normalized spacial score (nSPS) is 11.7. The fraction of sp³-hybridized carbons (Fsp3) is 0.692. The average Bonchev–Trinajstić information content (AvgIpc) is 2.68. The monoisotopic (exact) mass is 333 g/mol. The third kappa shape index (κ3) is 7.48. The van der Waals surface area contributed by atoms with Gasteiger partial charge in [-0.25, -0.2) is 0 Å². The van der Waals surface area contributed by atoms with Crippen LogP contribution in [0, 0.1) is 0 Å². The van der Waals surface area contributed by atoms with Crippen LogP contribution in [0.15, 0.2) is 15.9 Å². The zero-order valence-corrected chi connectivity index (χ0v) is 14.0. The predicted molar refractivity (Wildman–Crippen MR) is 84.4 cm³/mol. The van der Waals surface area contributed by atoms with Gasteiger partial charge in [-0.1, -0.05) is 0 Å². The third-order valence-corrected chi connectivity index (χ3v) is 4.36. The lowest BCUT2D eigenvalue weighted by molar-refractivity contribution is 0.324. The van der Waals surface area contributed by atoms with Crippen LogP contribution in [0.2, 0.25) is 0 Å². The fourth-order valence-corrected chi connectivity index (χ4v) is 3.23. The van der Waals surface area contributed by atoms with Gasteiger partial charge in [-0.2, -0.15) is 0 Å². The van der Waals surface area contributed by atoms with E-state index in [0.717, 1.165) is 32.7 Å². The van der Waals surface area contributed by atoms with Crippen LogP contribution in [-0.2, 0) is 6.54 Å². The highest BCUT2D eigenvalue weighted by Gasteiger charge is 2.02. The third-order valence-electron chi connectivity index (χ3n) is 2.68. The van der Waals surface area contributed by atoms with Crippen molar-refractivity contribution in [2.75, 3.05) is 47.3 Å². The maximum Gasteiger partial charge on any atom is 0.0325 e. The Balaban J connectivity index is 2.01. The van der Waals surface area contributed by atoms with Crippen LogP contribution in [0.25, 0.3) is 0 Å². The van der Waals surface area contributed by atoms with Gasteiger partial charge in [0.1, 0.15) is 0 Å². The smallest absolute Gasteiger partial charge is 0.0325 e. The average molecular weight is 334 g/mol. The summed E-state index contributed by atoms with van der Waals surface area (Å²) in [7, 11) is 6.41. The number of halogens is 1. The molecule has 0 aromatic carbocycles. The van der Waals surface area contributed by atoms with Crippen molar-refractivity contribution < 1.29 is 0 Å². The Morgan fingerprint density at radius 1 is 1.22 bits per heavy atom. The summed E-state index contributed by atoms with van der Waals surface area (Å²) in [5.74, 6) is 0. The van der Waals surface area contributed by atoms with Crippen LogP contribution in [0.3, 0.4) is 0 Å². The van der Waals surface area contributed by atoms with Crippen LogP contribution in [-0.4, -0.2) is 57.1 Å². The van der Waals surface area contributed by atoms with Crippen molar-refractivity contribution in [3.63, 3.8) is 0 Å². The van der Waals surface area contributed by atoms with Crippen molar-refractivity contribution in [3.8, 4) is 0 Å². The molecule has 0 bridgehead atoms. The van der Waals surface area contributed by atoms with E-state index >= 15 is 0 Å². The van der Waals surface area contributed by atoms with E-state index in [1.54, 1.807) is 0 Å². The molecule has 1 aromatic rings. The second-order valence-corrected chi connectivity index (χ2v) is 6.79. The van der Waals surface area contributed by atoms with E-state index in [0.29, 0.717) is 0 Å². The Labute approximate surface area is 123 Å². The van der Waals surface area contributed by atoms with Crippen molar-refractivity contribution in [2.24, 2.45) is 0 Å². The van der Waals surface area contributed by atoms with E-state index in [2.05, 4.69) is 63.6 Å². The minimum absolute atomic E-state index is 1.04. The van der Waals surface area contributed by atoms with Crippen molar-refractivity contribution in [2.45, 2.75) is 13.0 Å². The van der Waals surface area contributed by atoms with Gasteiger partial charge in [0.15, 0.2) is 0 Å². The standard InChI is InChI=1S/C13H24BrN3S/c1-16(2)7-4-5-15-6-8-17(3)10-13-9-12(14)11-18-13/h9,11,15H,4-8,10H2,1-3H3. The van der Waals surface area contributed by atoms with Crippen LogP contribution in [0.4, 0.5) is 0 Å². The van der Waals surface area contributed by atoms with E-state index in [-0.39, 0.29) is 0 Å². The molecule has 1 rings (SSSR count). The molecule has 18 heavy (non-hydrogen) atoms. The summed E-state index contributed by atoms with van der Waals surface area (Å²) in [4.78, 5) is 6.00. The SMILES string of the molecule is CN(C)CCCNCCN(C)Cc1cc(Br)cs1. The highest BCUT2D eigenvalue weighted by atomic mass is 79.9. The van der Waals surface area contributed by atoms with Gasteiger partial charge < -0.3 is 15.1 Å². The number of rotatable bonds is 9. The molecule has 0 atom stereocenters. The predicted octanol–water partition coefficient (Wildman–Crippen LogP) is 2.48. The lowest BCUT2D eigenvalue weighted by Crippen LogP contribution is -2.30. The number of thiophene rings is 1. The van der Waals surface area contributed by atoms with E-state index in [9.17, 15) is 0 Å². The zero-order valence-electron chi connectivity index (χ0n) is 11.6. The Kier molecular flexibility index (Phi) is 8.10. The molecule has 1 aromatic heterocycles. The molecule has 0 unspecified atom stereocenters. The molecule has 5 heteroatoms. The summed E-state index contributed by atoms with van der Waals surface area (Å²) >= 11 is 5.30. The van der Waals surface area contributed by atoms with Gasteiger partial charge >= 0.3 is 0 Å². The largest absolute Gasteiger partial charge is 0.315 e. The Hall–Kier alpha value is 0.0600. The van der Waals surface area contributed by atoms with E-state index in [1.807, 2.05) is 11.3 Å². The molecule has 0 aliphatic rings. The lowest BCUT2D eigenvalue weighted by atomic mass is 10.4. The lowest BCUT2D eigenvalue weighted by Gasteiger charge is -2.16. The number of likely N-dealkylation sites (N-methyl/N-ethyl adjacent to an activating group) is 1. The van der Waals surface area contributed by atoms with E-state index in [1.165, 1.54) is 15.8 Å². The second-order valence-electron chi connectivity index (χ2n) is 4.88. The first kappa shape index (κ1) is 16.1. The molecule has 1 heterocycles. The molecule has 3 nitrogen and oxygen atoms in total. The second kappa shape index (κ2) is 9.04. The van der Waals surface area contributed by atoms with Crippen molar-refractivity contribution in [1.29, 1.82) is 0 Å². The van der Waals surface area contributed by atoms with Gasteiger partial charge in [0.2, 0.25) is 0 Å². The first-order valence-corrected chi connectivity index (χ1v) is 8.02. The molecule has 104 valence electrons. The number of hydrogen-bond donors (Lipinski definition) is 1. The molecular formula is C13H24BrN3S. The van der Waals surface area contributed by atoms with Gasteiger partial charge in [0.25, 0.3) is 0 Å². The molecular weight excluding hydrogens is 310 g/mol. The molecule has 1 N–H and O–H groups in total. The first-order chi connectivity index (χ1) is 8.58. The minimum Gasteiger partial charge on any atom is -0.315 e. The molecule has 0 saturated heterocycles. The van der Waals surface area contributed by atoms with Crippen molar-refractivity contribution >= 4 is 27.3 Å². The molecule has 0 fully saturated rings. The quantitative estimate of drug-likeness (QED) is 0.700. The topological polar surface area (TPSA) is 18.5 Å². The van der Waals surface area contributed by atoms with Gasteiger partial charge in [0, 0.05) is 34.4 Å². The molecule has 0 aliphatic carbocycles. The van der Waals surface area contributed by atoms with Crippen LogP contribution in [0.5, 0.6) is 0 Å². The van der Waals surface area contributed by atoms with Crippen LogP contribution in [0.1, 0.15) is 11.3 Å². The summed E-state index contributed by atoms with van der Waals surface area (Å²) in [5.41, 5.74) is 0. The summed E-state index contributed by atoms with van der Waals surface area (Å²) in [6, 6.07) is 2.20. The van der Waals surface area contributed by atoms with Gasteiger partial charge in [-0.05, 0) is 62.6 Å². The highest BCUT2D eigenvalue weighted by Crippen LogP contribution is 2.20. The van der Waals surface area contributed by atoms with Gasteiger partial charge in [-0.3, -0.25) is 0 Å². The summed E-state index contributed by atoms with van der Waals surface area (Å²) in [6.45, 7) is 5.46.